The molecule has 1 saturated carbocycles. The first-order chi connectivity index (χ1) is 7.42. The SMILES string of the molecule is C=CCOC(=O)[C@H]1CC[C@H](OC(C)(C)C)C1. The molecule has 3 heteroatoms. The fourth-order valence-corrected chi connectivity index (χ4v) is 2.02. The van der Waals surface area contributed by atoms with Crippen LogP contribution >= 0.6 is 0 Å². The van der Waals surface area contributed by atoms with Crippen molar-refractivity contribution in [1.29, 1.82) is 0 Å². The lowest BCUT2D eigenvalue weighted by molar-refractivity contribution is -0.147. The van der Waals surface area contributed by atoms with E-state index in [1.807, 2.05) is 20.8 Å². The molecule has 0 aromatic carbocycles. The van der Waals surface area contributed by atoms with E-state index in [2.05, 4.69) is 6.58 Å². The number of hydrogen-bond acceptors (Lipinski definition) is 3. The van der Waals surface area contributed by atoms with Gasteiger partial charge in [0.25, 0.3) is 0 Å². The van der Waals surface area contributed by atoms with Crippen LogP contribution < -0.4 is 0 Å². The van der Waals surface area contributed by atoms with E-state index in [9.17, 15) is 4.79 Å². The van der Waals surface area contributed by atoms with Gasteiger partial charge in [0.15, 0.2) is 0 Å². The van der Waals surface area contributed by atoms with Crippen LogP contribution in [0.15, 0.2) is 12.7 Å². The van der Waals surface area contributed by atoms with Crippen molar-refractivity contribution in [2.75, 3.05) is 6.61 Å². The van der Waals surface area contributed by atoms with Crippen LogP contribution in [0, 0.1) is 5.92 Å². The number of esters is 1. The van der Waals surface area contributed by atoms with Crippen LogP contribution in [0.2, 0.25) is 0 Å². The second kappa shape index (κ2) is 5.48. The summed E-state index contributed by atoms with van der Waals surface area (Å²) in [6.07, 6.45) is 4.40. The minimum atomic E-state index is -0.134. The predicted octanol–water partition coefficient (Wildman–Crippen LogP) is 2.70. The molecule has 0 aromatic rings. The molecule has 0 saturated heterocycles. The number of carbonyl (C=O) groups excluding carboxylic acids is 1. The number of hydrogen-bond donors (Lipinski definition) is 0. The number of rotatable bonds is 4. The standard InChI is InChI=1S/C13H22O3/c1-5-8-15-12(14)10-6-7-11(9-10)16-13(2,3)4/h5,10-11H,1,6-9H2,2-4H3/t10-,11-/m0/s1. The second-order valence-electron chi connectivity index (χ2n) is 5.28. The highest BCUT2D eigenvalue weighted by molar-refractivity contribution is 5.72. The van der Waals surface area contributed by atoms with Crippen LogP contribution in [0.5, 0.6) is 0 Å². The van der Waals surface area contributed by atoms with Crippen molar-refractivity contribution < 1.29 is 14.3 Å². The van der Waals surface area contributed by atoms with Crippen LogP contribution in [0.4, 0.5) is 0 Å². The minimum Gasteiger partial charge on any atom is -0.461 e. The van der Waals surface area contributed by atoms with Crippen molar-refractivity contribution in [3.8, 4) is 0 Å². The lowest BCUT2D eigenvalue weighted by Crippen LogP contribution is -2.26. The summed E-state index contributed by atoms with van der Waals surface area (Å²) in [5, 5.41) is 0. The topological polar surface area (TPSA) is 35.5 Å². The Bertz CT molecular complexity index is 252. The third kappa shape index (κ3) is 4.35. The quantitative estimate of drug-likeness (QED) is 0.546. The highest BCUT2D eigenvalue weighted by Crippen LogP contribution is 2.31. The molecule has 1 aliphatic rings. The predicted molar refractivity (Wildman–Crippen MR) is 63.1 cm³/mol. The summed E-state index contributed by atoms with van der Waals surface area (Å²) >= 11 is 0. The molecular formula is C13H22O3. The molecule has 16 heavy (non-hydrogen) atoms. The van der Waals surface area contributed by atoms with Crippen LogP contribution in [0.3, 0.4) is 0 Å². The maximum atomic E-state index is 11.6. The van der Waals surface area contributed by atoms with Crippen molar-refractivity contribution >= 4 is 5.97 Å². The van der Waals surface area contributed by atoms with E-state index >= 15 is 0 Å². The van der Waals surface area contributed by atoms with E-state index in [1.165, 1.54) is 0 Å². The zero-order valence-corrected chi connectivity index (χ0v) is 10.5. The molecule has 1 rings (SSSR count). The van der Waals surface area contributed by atoms with Gasteiger partial charge in [0.2, 0.25) is 0 Å². The lowest BCUT2D eigenvalue weighted by Gasteiger charge is -2.24. The summed E-state index contributed by atoms with van der Waals surface area (Å²) in [7, 11) is 0. The van der Waals surface area contributed by atoms with E-state index in [4.69, 9.17) is 9.47 Å². The van der Waals surface area contributed by atoms with Crippen LogP contribution in [0.1, 0.15) is 40.0 Å². The van der Waals surface area contributed by atoms with Gasteiger partial charge >= 0.3 is 5.97 Å². The Hall–Kier alpha value is -0.830. The summed E-state index contributed by atoms with van der Waals surface area (Å²) in [5.41, 5.74) is -0.134. The van der Waals surface area contributed by atoms with Gasteiger partial charge in [0.1, 0.15) is 6.61 Å². The Balaban J connectivity index is 2.34. The number of carbonyl (C=O) groups is 1. The summed E-state index contributed by atoms with van der Waals surface area (Å²) in [6.45, 7) is 9.94. The third-order valence-corrected chi connectivity index (χ3v) is 2.58. The Morgan fingerprint density at radius 2 is 2.12 bits per heavy atom. The van der Waals surface area contributed by atoms with Crippen molar-refractivity contribution in [2.24, 2.45) is 5.92 Å². The Labute approximate surface area is 97.8 Å². The summed E-state index contributed by atoms with van der Waals surface area (Å²) in [6, 6.07) is 0. The third-order valence-electron chi connectivity index (χ3n) is 2.58. The minimum absolute atomic E-state index is 0.00676. The fraction of sp³-hybridized carbons (Fsp3) is 0.769. The van der Waals surface area contributed by atoms with E-state index < -0.39 is 0 Å². The fourth-order valence-electron chi connectivity index (χ4n) is 2.02. The van der Waals surface area contributed by atoms with Gasteiger partial charge in [0, 0.05) is 0 Å². The van der Waals surface area contributed by atoms with Gasteiger partial charge in [-0.25, -0.2) is 0 Å². The van der Waals surface area contributed by atoms with Crippen molar-refractivity contribution in [3.63, 3.8) is 0 Å². The van der Waals surface area contributed by atoms with E-state index in [1.54, 1.807) is 6.08 Å². The molecular weight excluding hydrogens is 204 g/mol. The molecule has 0 aliphatic heterocycles. The molecule has 0 unspecified atom stereocenters. The van der Waals surface area contributed by atoms with Gasteiger partial charge in [-0.1, -0.05) is 12.7 Å². The van der Waals surface area contributed by atoms with Crippen LogP contribution in [-0.2, 0) is 14.3 Å². The van der Waals surface area contributed by atoms with Crippen molar-refractivity contribution in [2.45, 2.75) is 51.7 Å². The zero-order valence-electron chi connectivity index (χ0n) is 10.5. The first-order valence-corrected chi connectivity index (χ1v) is 5.87. The first kappa shape index (κ1) is 13.2. The van der Waals surface area contributed by atoms with Gasteiger partial charge in [0.05, 0.1) is 17.6 Å². The Morgan fingerprint density at radius 3 is 2.69 bits per heavy atom. The molecule has 0 heterocycles. The molecule has 2 atom stereocenters. The Kier molecular flexibility index (Phi) is 4.54. The highest BCUT2D eigenvalue weighted by Gasteiger charge is 2.33. The highest BCUT2D eigenvalue weighted by atomic mass is 16.5. The van der Waals surface area contributed by atoms with E-state index in [-0.39, 0.29) is 23.6 Å². The maximum Gasteiger partial charge on any atom is 0.309 e. The first-order valence-electron chi connectivity index (χ1n) is 5.87. The van der Waals surface area contributed by atoms with Gasteiger partial charge < -0.3 is 9.47 Å². The van der Waals surface area contributed by atoms with E-state index in [0.29, 0.717) is 6.61 Å². The van der Waals surface area contributed by atoms with Gasteiger partial charge in [-0.05, 0) is 40.0 Å². The van der Waals surface area contributed by atoms with Gasteiger partial charge in [-0.3, -0.25) is 4.79 Å². The van der Waals surface area contributed by atoms with E-state index in [0.717, 1.165) is 19.3 Å². The molecule has 3 nitrogen and oxygen atoms in total. The Morgan fingerprint density at radius 1 is 1.44 bits per heavy atom. The van der Waals surface area contributed by atoms with Crippen LogP contribution in [-0.4, -0.2) is 24.3 Å². The summed E-state index contributed by atoms with van der Waals surface area (Å²) in [5.74, 6) is -0.104. The monoisotopic (exact) mass is 226 g/mol. The second-order valence-corrected chi connectivity index (χ2v) is 5.28. The number of ether oxygens (including phenoxy) is 2. The normalized spacial score (nSPS) is 25.4. The summed E-state index contributed by atoms with van der Waals surface area (Å²) in [4.78, 5) is 11.6. The average molecular weight is 226 g/mol. The average Bonchev–Trinajstić information content (AvgIpc) is 2.59. The molecule has 0 aromatic heterocycles. The van der Waals surface area contributed by atoms with Crippen molar-refractivity contribution in [1.82, 2.24) is 0 Å². The zero-order chi connectivity index (χ0) is 12.2. The molecule has 0 bridgehead atoms. The van der Waals surface area contributed by atoms with Crippen molar-refractivity contribution in [3.05, 3.63) is 12.7 Å². The summed E-state index contributed by atoms with van der Waals surface area (Å²) < 4.78 is 10.9. The molecule has 0 spiro atoms. The molecule has 1 aliphatic carbocycles. The molecule has 0 N–H and O–H groups in total. The largest absolute Gasteiger partial charge is 0.461 e. The van der Waals surface area contributed by atoms with Crippen LogP contribution in [0.25, 0.3) is 0 Å². The molecule has 0 radical (unpaired) electrons. The molecule has 92 valence electrons. The maximum absolute atomic E-state index is 11.6. The lowest BCUT2D eigenvalue weighted by atomic mass is 10.1. The molecule has 1 fully saturated rings. The van der Waals surface area contributed by atoms with Gasteiger partial charge in [-0.2, -0.15) is 0 Å². The van der Waals surface area contributed by atoms with Gasteiger partial charge in [-0.15, -0.1) is 0 Å². The smallest absolute Gasteiger partial charge is 0.309 e. The molecule has 0 amide bonds.